The molecule has 4 rings (SSSR count). The topological polar surface area (TPSA) is 92.7 Å². The Balaban J connectivity index is 1.47. The minimum absolute atomic E-state index is 0.0257. The molecule has 1 atom stereocenters. The summed E-state index contributed by atoms with van der Waals surface area (Å²) in [6, 6.07) is 7.76. The fourth-order valence-electron chi connectivity index (χ4n) is 3.37. The summed E-state index contributed by atoms with van der Waals surface area (Å²) in [6.07, 6.45) is 0.644. The average molecular weight is 383 g/mol. The van der Waals surface area contributed by atoms with E-state index >= 15 is 0 Å². The van der Waals surface area contributed by atoms with Crippen molar-refractivity contribution in [3.8, 4) is 0 Å². The number of H-pyrrole nitrogens is 1. The van der Waals surface area contributed by atoms with Crippen molar-refractivity contribution in [2.24, 2.45) is 5.92 Å². The summed E-state index contributed by atoms with van der Waals surface area (Å²) in [4.78, 5) is 37.5. The highest BCUT2D eigenvalue weighted by molar-refractivity contribution is 7.99. The largest absolute Gasteiger partial charge is 0.349 e. The third-order valence-electron chi connectivity index (χ3n) is 4.84. The van der Waals surface area contributed by atoms with Crippen LogP contribution >= 0.6 is 11.8 Å². The molecule has 27 heavy (non-hydrogen) atoms. The number of para-hydroxylation sites is 2. The van der Waals surface area contributed by atoms with Gasteiger partial charge in [0.05, 0.1) is 23.5 Å². The van der Waals surface area contributed by atoms with Crippen LogP contribution in [0.25, 0.3) is 11.0 Å². The minimum atomic E-state index is -0.265. The number of hydrogen-bond donors (Lipinski definition) is 2. The molecule has 0 radical (unpaired) electrons. The minimum Gasteiger partial charge on any atom is -0.349 e. The number of thioether (sulfide) groups is 1. The number of amides is 1. The second kappa shape index (κ2) is 7.19. The van der Waals surface area contributed by atoms with Crippen LogP contribution in [0.15, 0.2) is 34.2 Å². The van der Waals surface area contributed by atoms with Crippen LogP contribution in [0.5, 0.6) is 0 Å². The Labute approximate surface area is 160 Å². The lowest BCUT2D eigenvalue weighted by molar-refractivity contribution is -0.125. The maximum atomic E-state index is 12.7. The number of aromatic nitrogens is 4. The van der Waals surface area contributed by atoms with Crippen molar-refractivity contribution in [3.05, 3.63) is 51.7 Å². The molecule has 1 amide bonds. The third kappa shape index (κ3) is 3.37. The number of nitrogens with one attached hydrogen (secondary N) is 2. The highest BCUT2D eigenvalue weighted by atomic mass is 32.2. The van der Waals surface area contributed by atoms with E-state index in [1.54, 1.807) is 4.57 Å². The molecule has 0 spiro atoms. The number of hydrogen-bond acceptors (Lipinski definition) is 5. The van der Waals surface area contributed by atoms with Crippen LogP contribution in [-0.2, 0) is 24.3 Å². The molecule has 1 aromatic carbocycles. The smallest absolute Gasteiger partial charge is 0.257 e. The molecule has 0 unspecified atom stereocenters. The van der Waals surface area contributed by atoms with Gasteiger partial charge < -0.3 is 10.3 Å². The van der Waals surface area contributed by atoms with E-state index in [4.69, 9.17) is 0 Å². The fraction of sp³-hybridized carbons (Fsp3) is 0.368. The zero-order valence-corrected chi connectivity index (χ0v) is 16.1. The molecule has 1 aliphatic heterocycles. The van der Waals surface area contributed by atoms with E-state index < -0.39 is 0 Å². The fourth-order valence-corrected chi connectivity index (χ4v) is 4.49. The van der Waals surface area contributed by atoms with Crippen molar-refractivity contribution >= 4 is 28.7 Å². The van der Waals surface area contributed by atoms with Crippen LogP contribution in [-0.4, -0.2) is 31.2 Å². The van der Waals surface area contributed by atoms with Crippen molar-refractivity contribution in [2.45, 2.75) is 38.5 Å². The van der Waals surface area contributed by atoms with Crippen LogP contribution in [0, 0.1) is 12.8 Å². The maximum Gasteiger partial charge on any atom is 0.257 e. The first kappa shape index (κ1) is 17.8. The maximum absolute atomic E-state index is 12.7. The van der Waals surface area contributed by atoms with Crippen LogP contribution in [0.1, 0.15) is 24.0 Å². The number of rotatable bonds is 4. The molecule has 1 aliphatic rings. The number of imidazole rings is 1. The monoisotopic (exact) mass is 383 g/mol. The summed E-state index contributed by atoms with van der Waals surface area (Å²) in [5.41, 5.74) is 3.31. The van der Waals surface area contributed by atoms with Gasteiger partial charge in [0.1, 0.15) is 5.82 Å². The first-order valence-corrected chi connectivity index (χ1v) is 9.99. The highest BCUT2D eigenvalue weighted by Crippen LogP contribution is 2.26. The second-order valence-electron chi connectivity index (χ2n) is 6.65. The van der Waals surface area contributed by atoms with E-state index in [-0.39, 0.29) is 17.4 Å². The van der Waals surface area contributed by atoms with Crippen LogP contribution in [0.4, 0.5) is 0 Å². The van der Waals surface area contributed by atoms with Gasteiger partial charge in [-0.05, 0) is 25.5 Å². The molecule has 3 aromatic rings. The van der Waals surface area contributed by atoms with Gasteiger partial charge in [-0.15, -0.1) is 0 Å². The van der Waals surface area contributed by atoms with E-state index in [1.807, 2.05) is 38.1 Å². The number of benzene rings is 1. The molecule has 140 valence electrons. The first-order chi connectivity index (χ1) is 13.1. The zero-order chi connectivity index (χ0) is 19.0. The lowest BCUT2D eigenvalue weighted by Crippen LogP contribution is -2.40. The highest BCUT2D eigenvalue weighted by Gasteiger charge is 2.28. The quantitative estimate of drug-likeness (QED) is 0.673. The predicted molar refractivity (Wildman–Crippen MR) is 105 cm³/mol. The van der Waals surface area contributed by atoms with E-state index in [0.717, 1.165) is 28.1 Å². The molecule has 0 bridgehead atoms. The van der Waals surface area contributed by atoms with Crippen molar-refractivity contribution < 1.29 is 4.79 Å². The van der Waals surface area contributed by atoms with E-state index in [9.17, 15) is 9.59 Å². The van der Waals surface area contributed by atoms with Gasteiger partial charge in [0.15, 0.2) is 5.16 Å². The second-order valence-corrected chi connectivity index (χ2v) is 7.64. The standard InChI is InChI=1S/C19H21N5O2S/c1-3-13-11(2)21-19-24(18(13)26)9-12(10-27-19)17(25)20-8-16-22-14-6-4-5-7-15(14)23-16/h4-7,12H,3,8-10H2,1-2H3,(H,20,25)(H,22,23)/t12-/m0/s1. The summed E-state index contributed by atoms with van der Waals surface area (Å²) in [7, 11) is 0. The number of carbonyl (C=O) groups excluding carboxylic acids is 1. The van der Waals surface area contributed by atoms with Crippen LogP contribution in [0.3, 0.4) is 0 Å². The molecular weight excluding hydrogens is 362 g/mol. The molecule has 8 heteroatoms. The number of nitrogens with zero attached hydrogens (tertiary/aromatic N) is 3. The van der Waals surface area contributed by atoms with Gasteiger partial charge in [-0.1, -0.05) is 30.8 Å². The Morgan fingerprint density at radius 2 is 2.19 bits per heavy atom. The number of aryl methyl sites for hydroxylation is 1. The lowest BCUT2D eigenvalue weighted by Gasteiger charge is -2.25. The van der Waals surface area contributed by atoms with Crippen molar-refractivity contribution in [3.63, 3.8) is 0 Å². The third-order valence-corrected chi connectivity index (χ3v) is 5.98. The molecule has 2 N–H and O–H groups in total. The van der Waals surface area contributed by atoms with Gasteiger partial charge in [-0.25, -0.2) is 9.97 Å². The summed E-state index contributed by atoms with van der Waals surface area (Å²) in [6.45, 7) is 4.52. The normalized spacial score (nSPS) is 16.3. The molecule has 0 saturated carbocycles. The van der Waals surface area contributed by atoms with E-state index in [0.29, 0.717) is 30.4 Å². The van der Waals surface area contributed by atoms with Crippen molar-refractivity contribution in [2.75, 3.05) is 5.75 Å². The van der Waals surface area contributed by atoms with Gasteiger partial charge in [0, 0.05) is 23.6 Å². The van der Waals surface area contributed by atoms with Crippen LogP contribution in [0.2, 0.25) is 0 Å². The summed E-state index contributed by atoms with van der Waals surface area (Å²) in [5.74, 6) is 0.998. The Morgan fingerprint density at radius 1 is 1.37 bits per heavy atom. The number of carbonyl (C=O) groups is 1. The number of fused-ring (bicyclic) bond motifs is 2. The Kier molecular flexibility index (Phi) is 4.73. The molecular formula is C19H21N5O2S. The van der Waals surface area contributed by atoms with Gasteiger partial charge >= 0.3 is 0 Å². The Morgan fingerprint density at radius 3 is 2.96 bits per heavy atom. The van der Waals surface area contributed by atoms with Crippen molar-refractivity contribution in [1.29, 1.82) is 0 Å². The van der Waals surface area contributed by atoms with Crippen LogP contribution < -0.4 is 10.9 Å². The van der Waals surface area contributed by atoms with E-state index in [1.165, 1.54) is 11.8 Å². The van der Waals surface area contributed by atoms with Gasteiger partial charge in [0.2, 0.25) is 5.91 Å². The summed E-state index contributed by atoms with van der Waals surface area (Å²) >= 11 is 1.47. The predicted octanol–water partition coefficient (Wildman–Crippen LogP) is 2.03. The molecule has 0 fully saturated rings. The lowest BCUT2D eigenvalue weighted by atomic mass is 10.1. The molecule has 3 heterocycles. The van der Waals surface area contributed by atoms with E-state index in [2.05, 4.69) is 20.3 Å². The van der Waals surface area contributed by atoms with Crippen molar-refractivity contribution in [1.82, 2.24) is 24.8 Å². The first-order valence-electron chi connectivity index (χ1n) is 9.01. The Hall–Kier alpha value is -2.61. The Bertz CT molecular complexity index is 1040. The SMILES string of the molecule is CCc1c(C)nc2n(c1=O)C[C@H](C(=O)NCc1nc3ccccc3[nH]1)CS2. The number of aromatic amines is 1. The van der Waals surface area contributed by atoms with Gasteiger partial charge in [-0.3, -0.25) is 14.2 Å². The molecule has 2 aromatic heterocycles. The summed E-state index contributed by atoms with van der Waals surface area (Å²) in [5, 5.41) is 3.64. The zero-order valence-electron chi connectivity index (χ0n) is 15.3. The average Bonchev–Trinajstić information content (AvgIpc) is 3.09. The molecule has 7 nitrogen and oxygen atoms in total. The van der Waals surface area contributed by atoms with Gasteiger partial charge in [-0.2, -0.15) is 0 Å². The summed E-state index contributed by atoms with van der Waals surface area (Å²) < 4.78 is 1.64. The molecule has 0 saturated heterocycles. The van der Waals surface area contributed by atoms with Gasteiger partial charge in [0.25, 0.3) is 5.56 Å². The molecule has 0 aliphatic carbocycles.